The van der Waals surface area contributed by atoms with E-state index in [1.165, 1.54) is 18.2 Å². The van der Waals surface area contributed by atoms with Gasteiger partial charge < -0.3 is 14.8 Å². The fourth-order valence-electron chi connectivity index (χ4n) is 7.26. The van der Waals surface area contributed by atoms with Crippen molar-refractivity contribution in [3.8, 4) is 5.75 Å². The van der Waals surface area contributed by atoms with Gasteiger partial charge in [-0.3, -0.25) is 19.7 Å². The number of rotatable bonds is 8. The van der Waals surface area contributed by atoms with Crippen molar-refractivity contribution in [2.45, 2.75) is 45.5 Å². The number of nitro groups is 1. The molecule has 1 aliphatic carbocycles. The summed E-state index contributed by atoms with van der Waals surface area (Å²) in [5, 5.41) is 32.2. The fraction of sp³-hybridized carbons (Fsp3) is 0.314. The highest BCUT2D eigenvalue weighted by atomic mass is 16.6. The molecule has 0 unspecified atom stereocenters. The third kappa shape index (κ3) is 5.95. The smallest absolute Gasteiger partial charge is 0.455 e. The molecule has 45 heavy (non-hydrogen) atoms. The Balaban J connectivity index is 1.33. The fourth-order valence-corrected chi connectivity index (χ4v) is 7.26. The molecular formula is C35H35BN2O7. The van der Waals surface area contributed by atoms with Crippen LogP contribution >= 0.6 is 0 Å². The van der Waals surface area contributed by atoms with Crippen molar-refractivity contribution in [1.82, 2.24) is 0 Å². The van der Waals surface area contributed by atoms with Gasteiger partial charge in [0.05, 0.1) is 28.6 Å². The lowest BCUT2D eigenvalue weighted by molar-refractivity contribution is -0.384. The maximum Gasteiger partial charge on any atom is 0.455 e. The van der Waals surface area contributed by atoms with Crippen molar-refractivity contribution in [3.05, 3.63) is 111 Å². The predicted molar refractivity (Wildman–Crippen MR) is 172 cm³/mol. The maximum absolute atomic E-state index is 14.0. The van der Waals surface area contributed by atoms with Gasteiger partial charge in [0.15, 0.2) is 0 Å². The van der Waals surface area contributed by atoms with Crippen LogP contribution in [-0.2, 0) is 14.2 Å². The summed E-state index contributed by atoms with van der Waals surface area (Å²) in [7, 11) is -1.10. The summed E-state index contributed by atoms with van der Waals surface area (Å²) in [6.07, 6.45) is 3.38. The molecule has 0 radical (unpaired) electrons. The molecule has 9 nitrogen and oxygen atoms in total. The second-order valence-corrected chi connectivity index (χ2v) is 12.3. The van der Waals surface area contributed by atoms with Crippen molar-refractivity contribution in [2.24, 2.45) is 23.7 Å². The topological polar surface area (TPSA) is 130 Å². The molecule has 0 aromatic heterocycles. The normalized spacial score (nSPS) is 23.4. The van der Waals surface area contributed by atoms with Gasteiger partial charge in [0, 0.05) is 12.1 Å². The quantitative estimate of drug-likeness (QED) is 0.0771. The van der Waals surface area contributed by atoms with E-state index in [1.54, 1.807) is 18.2 Å². The highest BCUT2D eigenvalue weighted by Crippen LogP contribution is 2.52. The number of carbonyl (C=O) groups is 2. The molecule has 4 atom stereocenters. The molecule has 2 heterocycles. The third-order valence-electron chi connectivity index (χ3n) is 9.29. The van der Waals surface area contributed by atoms with Crippen LogP contribution in [0.1, 0.15) is 44.2 Å². The minimum absolute atomic E-state index is 0.0840. The van der Waals surface area contributed by atoms with E-state index in [1.807, 2.05) is 42.5 Å². The molecule has 2 N–H and O–H groups in total. The number of amides is 2. The van der Waals surface area contributed by atoms with E-state index < -0.39 is 35.9 Å². The van der Waals surface area contributed by atoms with E-state index in [4.69, 9.17) is 4.65 Å². The standard InChI is InChI=1S/C35H35BN2O7/c1-21(2)28-19-29-33(35(41)37(34(29)40)25-9-6-10-26(18-25)38(43)44)30-20-36(42)45-31(32(28)30)16-13-24(23-7-4-3-5-8-23)17-22-11-14-27(39)15-12-22/h3-12,14-15,17-18,21,29-31,33,39,42H,13,16,19-20H2,1-2H3/b24-17-/t29-,30+,31-,33-/m1/s1. The van der Waals surface area contributed by atoms with E-state index in [2.05, 4.69) is 19.9 Å². The van der Waals surface area contributed by atoms with Crippen LogP contribution in [0.2, 0.25) is 6.32 Å². The Morgan fingerprint density at radius 2 is 1.78 bits per heavy atom. The Labute approximate surface area is 262 Å². The molecular weight excluding hydrogens is 571 g/mol. The molecule has 230 valence electrons. The number of phenolic OH excluding ortho intramolecular Hbond substituents is 1. The summed E-state index contributed by atoms with van der Waals surface area (Å²) in [6, 6.07) is 22.6. The molecule has 0 bridgehead atoms. The number of benzene rings is 3. The number of nitrogens with zero attached hydrogens (tertiary/aromatic N) is 2. The summed E-state index contributed by atoms with van der Waals surface area (Å²) in [6.45, 7) is 4.14. The van der Waals surface area contributed by atoms with Crippen molar-refractivity contribution in [2.75, 3.05) is 4.90 Å². The second-order valence-electron chi connectivity index (χ2n) is 12.3. The summed E-state index contributed by atoms with van der Waals surface area (Å²) < 4.78 is 6.21. The zero-order valence-corrected chi connectivity index (χ0v) is 25.2. The first-order valence-corrected chi connectivity index (χ1v) is 15.4. The number of hydrogen-bond acceptors (Lipinski definition) is 7. The lowest BCUT2D eigenvalue weighted by Crippen LogP contribution is -2.46. The molecule has 3 aromatic rings. The molecule has 2 amide bonds. The summed E-state index contributed by atoms with van der Waals surface area (Å²) in [5.41, 5.74) is 5.11. The number of carbonyl (C=O) groups excluding carboxylic acids is 2. The number of anilines is 1. The van der Waals surface area contributed by atoms with E-state index >= 15 is 0 Å². The zero-order chi connectivity index (χ0) is 31.8. The molecule has 0 spiro atoms. The SMILES string of the molecule is CC(C)C1=C2[C@@H](CC/C(=C/c3ccc(O)cc3)c3ccccc3)OB(O)C[C@@H]2[C@@H]2C(=O)N(c3cccc([N+](=O)[O-])c3)C(=O)[C@@H]2C1. The molecule has 3 aromatic carbocycles. The first kappa shape index (κ1) is 30.5. The average molecular weight is 606 g/mol. The van der Waals surface area contributed by atoms with Crippen LogP contribution < -0.4 is 4.90 Å². The van der Waals surface area contributed by atoms with Gasteiger partial charge in [0.1, 0.15) is 5.75 Å². The van der Waals surface area contributed by atoms with Gasteiger partial charge in [0.25, 0.3) is 5.69 Å². The highest BCUT2D eigenvalue weighted by molar-refractivity contribution is 6.43. The number of allylic oxidation sites excluding steroid dienone is 2. The Kier molecular flexibility index (Phi) is 8.44. The number of nitro benzene ring substituents is 1. The molecule has 0 saturated carbocycles. The predicted octanol–water partition coefficient (Wildman–Crippen LogP) is 6.28. The van der Waals surface area contributed by atoms with Crippen molar-refractivity contribution in [1.29, 1.82) is 0 Å². The van der Waals surface area contributed by atoms with E-state index in [9.17, 15) is 29.8 Å². The summed E-state index contributed by atoms with van der Waals surface area (Å²) >= 11 is 0. The largest absolute Gasteiger partial charge is 0.508 e. The van der Waals surface area contributed by atoms with Crippen LogP contribution in [0.4, 0.5) is 11.4 Å². The lowest BCUT2D eigenvalue weighted by Gasteiger charge is -2.44. The van der Waals surface area contributed by atoms with Crippen LogP contribution in [0.3, 0.4) is 0 Å². The number of non-ortho nitro benzene ring substituents is 1. The first-order chi connectivity index (χ1) is 21.6. The van der Waals surface area contributed by atoms with E-state index in [-0.39, 0.29) is 41.2 Å². The third-order valence-corrected chi connectivity index (χ3v) is 9.29. The van der Waals surface area contributed by atoms with Crippen molar-refractivity contribution < 1.29 is 29.3 Å². The van der Waals surface area contributed by atoms with Gasteiger partial charge in [-0.1, -0.05) is 74.0 Å². The van der Waals surface area contributed by atoms with Gasteiger partial charge >= 0.3 is 7.12 Å². The van der Waals surface area contributed by atoms with E-state index in [0.29, 0.717) is 19.3 Å². The Bertz CT molecular complexity index is 1690. The highest BCUT2D eigenvalue weighted by Gasteiger charge is 2.58. The van der Waals surface area contributed by atoms with Crippen LogP contribution in [0.25, 0.3) is 11.6 Å². The monoisotopic (exact) mass is 606 g/mol. The van der Waals surface area contributed by atoms with Crippen molar-refractivity contribution >= 4 is 42.0 Å². The average Bonchev–Trinajstić information content (AvgIpc) is 3.29. The Hall–Kier alpha value is -4.54. The van der Waals surface area contributed by atoms with Crippen molar-refractivity contribution in [3.63, 3.8) is 0 Å². The number of aromatic hydroxyl groups is 1. The van der Waals surface area contributed by atoms with Crippen LogP contribution in [-0.4, -0.2) is 40.1 Å². The molecule has 2 saturated heterocycles. The van der Waals surface area contributed by atoms with Gasteiger partial charge in [-0.25, -0.2) is 4.90 Å². The van der Waals surface area contributed by atoms with Crippen LogP contribution in [0, 0.1) is 33.8 Å². The van der Waals surface area contributed by atoms with Gasteiger partial charge in [0.2, 0.25) is 11.8 Å². The molecule has 6 rings (SSSR count). The van der Waals surface area contributed by atoms with Gasteiger partial charge in [-0.05, 0) is 77.9 Å². The molecule has 2 fully saturated rings. The molecule has 2 aliphatic heterocycles. The van der Waals surface area contributed by atoms with Crippen LogP contribution in [0.5, 0.6) is 5.75 Å². The number of phenols is 1. The number of hydrogen-bond donors (Lipinski definition) is 2. The number of fused-ring (bicyclic) bond motifs is 3. The maximum atomic E-state index is 14.0. The minimum atomic E-state index is -1.10. The van der Waals surface area contributed by atoms with Crippen LogP contribution in [0.15, 0.2) is 90.0 Å². The zero-order valence-electron chi connectivity index (χ0n) is 25.2. The summed E-state index contributed by atoms with van der Waals surface area (Å²) in [5.74, 6) is -2.15. The second kappa shape index (κ2) is 12.5. The molecule has 10 heteroatoms. The summed E-state index contributed by atoms with van der Waals surface area (Å²) in [4.78, 5) is 39.8. The lowest BCUT2D eigenvalue weighted by atomic mass is 9.57. The van der Waals surface area contributed by atoms with Gasteiger partial charge in [-0.2, -0.15) is 0 Å². The van der Waals surface area contributed by atoms with Gasteiger partial charge in [-0.15, -0.1) is 0 Å². The Morgan fingerprint density at radius 3 is 2.47 bits per heavy atom. The first-order valence-electron chi connectivity index (χ1n) is 15.4. The van der Waals surface area contributed by atoms with E-state index in [0.717, 1.165) is 32.7 Å². The Morgan fingerprint density at radius 1 is 1.04 bits per heavy atom. The minimum Gasteiger partial charge on any atom is -0.508 e. The number of imide groups is 1. The molecule has 3 aliphatic rings.